The Morgan fingerprint density at radius 2 is 1.62 bits per heavy atom. The number of aromatic nitrogens is 1. The van der Waals surface area contributed by atoms with Gasteiger partial charge < -0.3 is 14.3 Å². The molecule has 0 saturated carbocycles. The minimum Gasteiger partial charge on any atom is -0.465 e. The fourth-order valence-corrected chi connectivity index (χ4v) is 4.67. The summed E-state index contributed by atoms with van der Waals surface area (Å²) in [5.74, 6) is -1.08. The predicted molar refractivity (Wildman–Crippen MR) is 122 cm³/mol. The molecule has 1 aliphatic rings. The molecule has 3 rings (SSSR count). The number of esters is 2. The molecule has 0 spiro atoms. The Labute approximate surface area is 192 Å². The van der Waals surface area contributed by atoms with E-state index in [1.165, 1.54) is 10.8 Å². The number of carbonyl (C=O) groups is 2. The molecule has 0 N–H and O–H groups in total. The first-order valence-electron chi connectivity index (χ1n) is 10.8. The van der Waals surface area contributed by atoms with Crippen LogP contribution in [0.5, 0.6) is 0 Å². The van der Waals surface area contributed by atoms with Crippen LogP contribution < -0.4 is 10.4 Å². The first-order valence-corrected chi connectivity index (χ1v) is 11.8. The topological polar surface area (TPSA) is 83.8 Å². The van der Waals surface area contributed by atoms with Crippen molar-refractivity contribution >= 4 is 23.7 Å². The van der Waals surface area contributed by atoms with Gasteiger partial charge in [0.25, 0.3) is 5.56 Å². The van der Waals surface area contributed by atoms with E-state index in [4.69, 9.17) is 14.3 Å². The third kappa shape index (κ3) is 5.94. The molecule has 1 saturated heterocycles. The van der Waals surface area contributed by atoms with Gasteiger partial charge in [0.2, 0.25) is 0 Å². The number of hydrogen-bond acceptors (Lipinski definition) is 7. The predicted octanol–water partition coefficient (Wildman–Crippen LogP) is 2.90. The van der Waals surface area contributed by atoms with Crippen LogP contribution in [0.3, 0.4) is 0 Å². The zero-order chi connectivity index (χ0) is 23.0. The Morgan fingerprint density at radius 3 is 2.25 bits per heavy atom. The van der Waals surface area contributed by atoms with E-state index >= 15 is 0 Å². The summed E-state index contributed by atoms with van der Waals surface area (Å²) in [5.41, 5.74) is -0.583. The monoisotopic (exact) mass is 459 g/mol. The van der Waals surface area contributed by atoms with Gasteiger partial charge in [0, 0.05) is 17.5 Å². The molecule has 0 unspecified atom stereocenters. The molecular formula is C24H29NO6S. The van der Waals surface area contributed by atoms with E-state index in [9.17, 15) is 14.4 Å². The van der Waals surface area contributed by atoms with Gasteiger partial charge in [-0.15, -0.1) is 11.8 Å². The van der Waals surface area contributed by atoms with Crippen molar-refractivity contribution in [1.29, 1.82) is 0 Å². The maximum absolute atomic E-state index is 13.1. The fraction of sp³-hybridized carbons (Fsp3) is 0.458. The van der Waals surface area contributed by atoms with Crippen LogP contribution in [0.15, 0.2) is 59.5 Å². The summed E-state index contributed by atoms with van der Waals surface area (Å²) in [5, 5.41) is 0.0982. The lowest BCUT2D eigenvalue weighted by Crippen LogP contribution is -2.44. The molecule has 1 aromatic carbocycles. The summed E-state index contributed by atoms with van der Waals surface area (Å²) in [6.07, 6.45) is 2.72. The van der Waals surface area contributed by atoms with Crippen molar-refractivity contribution in [2.24, 2.45) is 5.41 Å². The van der Waals surface area contributed by atoms with E-state index in [1.54, 1.807) is 43.9 Å². The van der Waals surface area contributed by atoms with Gasteiger partial charge in [-0.25, -0.2) is 0 Å². The number of rotatable bonds is 12. The zero-order valence-corrected chi connectivity index (χ0v) is 19.2. The molecule has 172 valence electrons. The molecule has 0 aliphatic carbocycles. The van der Waals surface area contributed by atoms with Crippen LogP contribution in [0.25, 0.3) is 0 Å². The molecule has 0 amide bonds. The molecule has 8 heteroatoms. The van der Waals surface area contributed by atoms with E-state index < -0.39 is 17.4 Å². The Kier molecular flexibility index (Phi) is 8.39. The van der Waals surface area contributed by atoms with E-state index in [-0.39, 0.29) is 29.3 Å². The number of hydrogen-bond donors (Lipinski definition) is 0. The summed E-state index contributed by atoms with van der Waals surface area (Å²) in [6, 6.07) is 14.5. The van der Waals surface area contributed by atoms with Crippen molar-refractivity contribution in [3.63, 3.8) is 0 Å². The maximum atomic E-state index is 13.1. The number of ether oxygens (including phenoxy) is 2. The SMILES string of the molecule is CCOC(=O)C(CCc1ccccc1)(C[C@@H]1S[C@H]1COn1ccccc1=O)C(=O)OCC. The number of pyridine rings is 1. The van der Waals surface area contributed by atoms with E-state index in [2.05, 4.69) is 0 Å². The fourth-order valence-electron chi connectivity index (χ4n) is 3.62. The highest BCUT2D eigenvalue weighted by Crippen LogP contribution is 2.50. The van der Waals surface area contributed by atoms with Gasteiger partial charge in [0.05, 0.1) is 18.5 Å². The lowest BCUT2D eigenvalue weighted by Gasteiger charge is -2.29. The minimum absolute atomic E-state index is 0.0269. The summed E-state index contributed by atoms with van der Waals surface area (Å²) in [6.45, 7) is 4.13. The maximum Gasteiger partial charge on any atom is 0.323 e. The van der Waals surface area contributed by atoms with Crippen molar-refractivity contribution < 1.29 is 23.9 Å². The second-order valence-corrected chi connectivity index (χ2v) is 9.07. The first-order chi connectivity index (χ1) is 15.5. The molecule has 1 aromatic heterocycles. The first kappa shape index (κ1) is 23.9. The lowest BCUT2D eigenvalue weighted by atomic mass is 9.77. The highest BCUT2D eigenvalue weighted by Gasteiger charge is 2.54. The van der Waals surface area contributed by atoms with E-state index in [0.29, 0.717) is 25.9 Å². The highest BCUT2D eigenvalue weighted by molar-refractivity contribution is 8.07. The molecule has 2 heterocycles. The Bertz CT molecular complexity index is 942. The summed E-state index contributed by atoms with van der Waals surface area (Å²) >= 11 is 1.63. The lowest BCUT2D eigenvalue weighted by molar-refractivity contribution is -0.173. The summed E-state index contributed by atoms with van der Waals surface area (Å²) in [4.78, 5) is 43.6. The number of benzene rings is 1. The van der Waals surface area contributed by atoms with Crippen molar-refractivity contribution in [1.82, 2.24) is 4.73 Å². The number of nitrogens with zero attached hydrogens (tertiary/aromatic N) is 1. The van der Waals surface area contributed by atoms with Gasteiger partial charge in [-0.1, -0.05) is 36.4 Å². The second-order valence-electron chi connectivity index (χ2n) is 7.59. The summed E-state index contributed by atoms with van der Waals surface area (Å²) in [7, 11) is 0. The van der Waals surface area contributed by atoms with Gasteiger partial charge in [-0.2, -0.15) is 4.73 Å². The van der Waals surface area contributed by atoms with Gasteiger partial charge in [0.1, 0.15) is 6.61 Å². The molecule has 0 radical (unpaired) electrons. The molecule has 1 fully saturated rings. The molecular weight excluding hydrogens is 430 g/mol. The van der Waals surface area contributed by atoms with Gasteiger partial charge in [0.15, 0.2) is 5.41 Å². The van der Waals surface area contributed by atoms with Crippen molar-refractivity contribution in [2.75, 3.05) is 19.8 Å². The molecule has 7 nitrogen and oxygen atoms in total. The second kappa shape index (κ2) is 11.2. The van der Waals surface area contributed by atoms with Crippen LogP contribution in [0.4, 0.5) is 0 Å². The third-order valence-electron chi connectivity index (χ3n) is 5.42. The van der Waals surface area contributed by atoms with Crippen LogP contribution in [0.2, 0.25) is 0 Å². The Morgan fingerprint density at radius 1 is 0.969 bits per heavy atom. The van der Waals surface area contributed by atoms with Crippen molar-refractivity contribution in [3.05, 3.63) is 70.6 Å². The van der Waals surface area contributed by atoms with Crippen LogP contribution >= 0.6 is 11.8 Å². The normalized spacial score (nSPS) is 17.4. The van der Waals surface area contributed by atoms with Crippen molar-refractivity contribution in [2.45, 2.75) is 43.6 Å². The average Bonchev–Trinajstić information content (AvgIpc) is 3.54. The number of carbonyl (C=O) groups excluding carboxylic acids is 2. The van der Waals surface area contributed by atoms with Gasteiger partial charge >= 0.3 is 11.9 Å². The average molecular weight is 460 g/mol. The zero-order valence-electron chi connectivity index (χ0n) is 18.4. The smallest absolute Gasteiger partial charge is 0.323 e. The molecule has 0 bridgehead atoms. The van der Waals surface area contributed by atoms with Crippen LogP contribution in [-0.4, -0.2) is 47.0 Å². The molecule has 32 heavy (non-hydrogen) atoms. The van der Waals surface area contributed by atoms with E-state index in [1.807, 2.05) is 30.3 Å². The standard InChI is InChI=1S/C24H29NO6S/c1-3-29-22(27)24(23(28)30-4-2,14-13-18-10-6-5-7-11-18)16-19-20(32-19)17-31-25-15-9-8-12-21(25)26/h5-12,15,19-20H,3-4,13-14,16-17H2,1-2H3/t19-,20-/m0/s1. The molecule has 2 atom stereocenters. The van der Waals surface area contributed by atoms with Crippen LogP contribution in [0.1, 0.15) is 32.3 Å². The largest absolute Gasteiger partial charge is 0.465 e. The highest BCUT2D eigenvalue weighted by atomic mass is 32.2. The minimum atomic E-state index is -1.38. The number of aryl methyl sites for hydroxylation is 1. The molecule has 1 aliphatic heterocycles. The molecule has 2 aromatic rings. The van der Waals surface area contributed by atoms with Crippen molar-refractivity contribution in [3.8, 4) is 0 Å². The Balaban J connectivity index is 1.73. The van der Waals surface area contributed by atoms with E-state index in [0.717, 1.165) is 5.56 Å². The summed E-state index contributed by atoms with van der Waals surface area (Å²) < 4.78 is 11.9. The van der Waals surface area contributed by atoms with Crippen LogP contribution in [0, 0.1) is 5.41 Å². The van der Waals surface area contributed by atoms with Crippen LogP contribution in [-0.2, 0) is 25.5 Å². The Hall–Kier alpha value is -2.74. The van der Waals surface area contributed by atoms with Gasteiger partial charge in [-0.05, 0) is 44.7 Å². The quantitative estimate of drug-likeness (QED) is 0.274. The number of thioether (sulfide) groups is 1. The van der Waals surface area contributed by atoms with Gasteiger partial charge in [-0.3, -0.25) is 14.4 Å². The third-order valence-corrected chi connectivity index (χ3v) is 6.76.